The first-order chi connectivity index (χ1) is 15.3. The Labute approximate surface area is 189 Å². The molecule has 3 aromatic carbocycles. The zero-order valence-electron chi connectivity index (χ0n) is 18.5. The van der Waals surface area contributed by atoms with Crippen LogP contribution >= 0.6 is 0 Å². The SMILES string of the molecule is CCOc1ccccc1CNC(=O)CN(c1ccccc1C)S(=O)(=O)c1ccc(C)cc1. The molecule has 0 aliphatic rings. The topological polar surface area (TPSA) is 75.7 Å². The number of benzene rings is 3. The van der Waals surface area contributed by atoms with E-state index in [-0.39, 0.29) is 18.0 Å². The van der Waals surface area contributed by atoms with Gasteiger partial charge >= 0.3 is 0 Å². The van der Waals surface area contributed by atoms with Gasteiger partial charge in [0, 0.05) is 12.1 Å². The third kappa shape index (κ3) is 5.48. The molecule has 0 spiro atoms. The highest BCUT2D eigenvalue weighted by Crippen LogP contribution is 2.27. The van der Waals surface area contributed by atoms with Gasteiger partial charge in [-0.3, -0.25) is 9.10 Å². The van der Waals surface area contributed by atoms with Crippen molar-refractivity contribution < 1.29 is 17.9 Å². The molecule has 0 bridgehead atoms. The Balaban J connectivity index is 1.86. The fourth-order valence-corrected chi connectivity index (χ4v) is 4.79. The van der Waals surface area contributed by atoms with Crippen molar-refractivity contribution in [1.29, 1.82) is 0 Å². The first kappa shape index (κ1) is 23.3. The van der Waals surface area contributed by atoms with Gasteiger partial charge in [0.05, 0.1) is 17.2 Å². The van der Waals surface area contributed by atoms with Gasteiger partial charge in [-0.1, -0.05) is 54.1 Å². The Hall–Kier alpha value is -3.32. The molecule has 0 atom stereocenters. The minimum Gasteiger partial charge on any atom is -0.494 e. The number of hydrogen-bond donors (Lipinski definition) is 1. The molecule has 0 heterocycles. The van der Waals surface area contributed by atoms with Gasteiger partial charge in [-0.2, -0.15) is 0 Å². The molecule has 1 N–H and O–H groups in total. The van der Waals surface area contributed by atoms with E-state index in [0.29, 0.717) is 18.0 Å². The summed E-state index contributed by atoms with van der Waals surface area (Å²) in [5, 5.41) is 2.83. The fourth-order valence-electron chi connectivity index (χ4n) is 3.31. The molecular formula is C25H28N2O4S. The normalized spacial score (nSPS) is 11.1. The second-order valence-corrected chi connectivity index (χ2v) is 9.29. The molecular weight excluding hydrogens is 424 g/mol. The monoisotopic (exact) mass is 452 g/mol. The highest BCUT2D eigenvalue weighted by atomic mass is 32.2. The zero-order chi connectivity index (χ0) is 23.1. The Bertz CT molecular complexity index is 1170. The molecule has 0 radical (unpaired) electrons. The van der Waals surface area contributed by atoms with Crippen LogP contribution in [0.5, 0.6) is 5.75 Å². The van der Waals surface area contributed by atoms with Crippen molar-refractivity contribution in [3.8, 4) is 5.75 Å². The number of hydrogen-bond acceptors (Lipinski definition) is 4. The number of amides is 1. The number of para-hydroxylation sites is 2. The van der Waals surface area contributed by atoms with E-state index < -0.39 is 15.9 Å². The number of aryl methyl sites for hydroxylation is 2. The summed E-state index contributed by atoms with van der Waals surface area (Å²) in [4.78, 5) is 13.0. The summed E-state index contributed by atoms with van der Waals surface area (Å²) in [5.41, 5.74) is 3.01. The van der Waals surface area contributed by atoms with E-state index in [4.69, 9.17) is 4.74 Å². The summed E-state index contributed by atoms with van der Waals surface area (Å²) in [7, 11) is -3.94. The first-order valence-corrected chi connectivity index (χ1v) is 11.9. The predicted octanol–water partition coefficient (Wildman–Crippen LogP) is 4.21. The highest BCUT2D eigenvalue weighted by Gasteiger charge is 2.28. The maximum Gasteiger partial charge on any atom is 0.264 e. The van der Waals surface area contributed by atoms with Crippen molar-refractivity contribution in [2.75, 3.05) is 17.5 Å². The molecule has 1 amide bonds. The third-order valence-electron chi connectivity index (χ3n) is 5.03. The Morgan fingerprint density at radius 1 is 0.938 bits per heavy atom. The quantitative estimate of drug-likeness (QED) is 0.528. The van der Waals surface area contributed by atoms with Gasteiger partial charge < -0.3 is 10.1 Å². The Morgan fingerprint density at radius 2 is 1.59 bits per heavy atom. The number of rotatable bonds is 9. The number of sulfonamides is 1. The minimum atomic E-state index is -3.94. The lowest BCUT2D eigenvalue weighted by molar-refractivity contribution is -0.119. The molecule has 168 valence electrons. The highest BCUT2D eigenvalue weighted by molar-refractivity contribution is 7.92. The standard InChI is InChI=1S/C25H28N2O4S/c1-4-31-24-12-8-6-10-21(24)17-26-25(28)18-27(23-11-7-5-9-20(23)3)32(29,30)22-15-13-19(2)14-16-22/h5-16H,4,17-18H2,1-3H3,(H,26,28). The fraction of sp³-hybridized carbons (Fsp3) is 0.240. The summed E-state index contributed by atoms with van der Waals surface area (Å²) in [6.07, 6.45) is 0. The van der Waals surface area contributed by atoms with Gasteiger partial charge in [0.1, 0.15) is 12.3 Å². The molecule has 0 saturated heterocycles. The molecule has 7 heteroatoms. The third-order valence-corrected chi connectivity index (χ3v) is 6.80. The summed E-state index contributed by atoms with van der Waals surface area (Å²) < 4.78 is 33.7. The van der Waals surface area contributed by atoms with Crippen LogP contribution in [-0.2, 0) is 21.4 Å². The van der Waals surface area contributed by atoms with E-state index in [1.165, 1.54) is 0 Å². The van der Waals surface area contributed by atoms with Crippen LogP contribution in [0.4, 0.5) is 5.69 Å². The number of carbonyl (C=O) groups is 1. The summed E-state index contributed by atoms with van der Waals surface area (Å²) in [6, 6.07) is 21.2. The van der Waals surface area contributed by atoms with Gasteiger partial charge in [0.25, 0.3) is 10.0 Å². The average Bonchev–Trinajstić information content (AvgIpc) is 2.78. The van der Waals surface area contributed by atoms with E-state index >= 15 is 0 Å². The van der Waals surface area contributed by atoms with Gasteiger partial charge in [-0.15, -0.1) is 0 Å². The lowest BCUT2D eigenvalue weighted by Crippen LogP contribution is -2.41. The van der Waals surface area contributed by atoms with Crippen molar-refractivity contribution >= 4 is 21.6 Å². The minimum absolute atomic E-state index is 0.140. The largest absolute Gasteiger partial charge is 0.494 e. The zero-order valence-corrected chi connectivity index (χ0v) is 19.4. The Kier molecular flexibility index (Phi) is 7.53. The molecule has 0 fully saturated rings. The molecule has 32 heavy (non-hydrogen) atoms. The van der Waals surface area contributed by atoms with Crippen molar-refractivity contribution in [2.45, 2.75) is 32.2 Å². The average molecular weight is 453 g/mol. The lowest BCUT2D eigenvalue weighted by Gasteiger charge is -2.25. The number of ether oxygens (including phenoxy) is 1. The van der Waals surface area contributed by atoms with Crippen LogP contribution < -0.4 is 14.4 Å². The molecule has 0 aromatic heterocycles. The smallest absolute Gasteiger partial charge is 0.264 e. The van der Waals surface area contributed by atoms with Crippen LogP contribution in [0.15, 0.2) is 77.7 Å². The van der Waals surface area contributed by atoms with Crippen LogP contribution in [-0.4, -0.2) is 27.5 Å². The number of nitrogens with one attached hydrogen (secondary N) is 1. The van der Waals surface area contributed by atoms with Crippen LogP contribution in [0.25, 0.3) is 0 Å². The molecule has 6 nitrogen and oxygen atoms in total. The number of nitrogens with zero attached hydrogens (tertiary/aromatic N) is 1. The van der Waals surface area contributed by atoms with Crippen molar-refractivity contribution in [3.63, 3.8) is 0 Å². The summed E-state index contributed by atoms with van der Waals surface area (Å²) in [6.45, 7) is 6.03. The van der Waals surface area contributed by atoms with Gasteiger partial charge in [-0.25, -0.2) is 8.42 Å². The van der Waals surface area contributed by atoms with Crippen molar-refractivity contribution in [1.82, 2.24) is 5.32 Å². The van der Waals surface area contributed by atoms with Crippen molar-refractivity contribution in [2.24, 2.45) is 0 Å². The van der Waals surface area contributed by atoms with Gasteiger partial charge in [0.2, 0.25) is 5.91 Å². The van der Waals surface area contributed by atoms with Gasteiger partial charge in [-0.05, 0) is 50.6 Å². The summed E-state index contributed by atoms with van der Waals surface area (Å²) in [5.74, 6) is 0.286. The van der Waals surface area contributed by atoms with E-state index in [1.807, 2.05) is 57.2 Å². The lowest BCUT2D eigenvalue weighted by atomic mass is 10.2. The van der Waals surface area contributed by atoms with Crippen LogP contribution in [0.3, 0.4) is 0 Å². The van der Waals surface area contributed by atoms with Crippen molar-refractivity contribution in [3.05, 3.63) is 89.5 Å². The number of anilines is 1. The molecule has 0 aliphatic heterocycles. The maximum atomic E-state index is 13.5. The molecule has 0 aliphatic carbocycles. The second kappa shape index (κ2) is 10.3. The summed E-state index contributed by atoms with van der Waals surface area (Å²) >= 11 is 0. The van der Waals surface area contributed by atoms with Crippen LogP contribution in [0, 0.1) is 13.8 Å². The molecule has 3 rings (SSSR count). The predicted molar refractivity (Wildman–Crippen MR) is 126 cm³/mol. The van der Waals surface area contributed by atoms with E-state index in [1.54, 1.807) is 36.4 Å². The van der Waals surface area contributed by atoms with Crippen LogP contribution in [0.2, 0.25) is 0 Å². The first-order valence-electron chi connectivity index (χ1n) is 10.5. The van der Waals surface area contributed by atoms with E-state index in [9.17, 15) is 13.2 Å². The molecule has 0 unspecified atom stereocenters. The van der Waals surface area contributed by atoms with E-state index in [2.05, 4.69) is 5.32 Å². The number of carbonyl (C=O) groups excluding carboxylic acids is 1. The Morgan fingerprint density at radius 3 is 2.28 bits per heavy atom. The van der Waals surface area contributed by atoms with Gasteiger partial charge in [0.15, 0.2) is 0 Å². The second-order valence-electron chi connectivity index (χ2n) is 7.43. The molecule has 3 aromatic rings. The molecule has 0 saturated carbocycles. The maximum absolute atomic E-state index is 13.5. The van der Waals surface area contributed by atoms with E-state index in [0.717, 1.165) is 21.0 Å². The van der Waals surface area contributed by atoms with Crippen LogP contribution in [0.1, 0.15) is 23.6 Å².